The number of esters is 1. The average Bonchev–Trinajstić information content (AvgIpc) is 3.80. The summed E-state index contributed by atoms with van der Waals surface area (Å²) in [6.07, 6.45) is 3.31. The number of ether oxygens (including phenoxy) is 4. The highest BCUT2D eigenvalue weighted by atomic mass is 16.6. The van der Waals surface area contributed by atoms with Gasteiger partial charge in [-0.15, -0.1) is 0 Å². The van der Waals surface area contributed by atoms with Gasteiger partial charge in [0.05, 0.1) is 13.2 Å². The summed E-state index contributed by atoms with van der Waals surface area (Å²) < 4.78 is 23.3. The number of carbonyl (C=O) groups is 3. The van der Waals surface area contributed by atoms with Gasteiger partial charge in [-0.2, -0.15) is 0 Å². The highest BCUT2D eigenvalue weighted by Gasteiger charge is 2.47. The monoisotopic (exact) mass is 592 g/mol. The predicted molar refractivity (Wildman–Crippen MR) is 162 cm³/mol. The van der Waals surface area contributed by atoms with E-state index < -0.39 is 30.1 Å². The number of benzene rings is 2. The lowest BCUT2D eigenvalue weighted by molar-refractivity contribution is -0.166. The van der Waals surface area contributed by atoms with Gasteiger partial charge in [0.25, 0.3) is 0 Å². The second kappa shape index (κ2) is 15.7. The number of methoxy groups -OCH3 is 1. The molecule has 6 atom stereocenters. The summed E-state index contributed by atoms with van der Waals surface area (Å²) in [6, 6.07) is 16.6. The Morgan fingerprint density at radius 1 is 1.00 bits per heavy atom. The molecule has 43 heavy (non-hydrogen) atoms. The van der Waals surface area contributed by atoms with Gasteiger partial charge in [-0.1, -0.05) is 69.3 Å². The number of cyclic esters (lactones) is 1. The first-order valence-corrected chi connectivity index (χ1v) is 15.1. The van der Waals surface area contributed by atoms with E-state index in [1.807, 2.05) is 75.4 Å². The van der Waals surface area contributed by atoms with Crippen LogP contribution in [0.2, 0.25) is 0 Å². The molecule has 2 aliphatic rings. The minimum atomic E-state index is -0.771. The number of rotatable bonds is 8. The zero-order valence-corrected chi connectivity index (χ0v) is 25.5. The molecular formula is C34H44N2O7. The predicted octanol–water partition coefficient (Wildman–Crippen LogP) is 4.31. The van der Waals surface area contributed by atoms with E-state index in [0.717, 1.165) is 11.1 Å². The highest BCUT2D eigenvalue weighted by Crippen LogP contribution is 2.45. The maximum atomic E-state index is 13.4. The van der Waals surface area contributed by atoms with Crippen LogP contribution in [-0.4, -0.2) is 62.4 Å². The van der Waals surface area contributed by atoms with Gasteiger partial charge < -0.3 is 29.6 Å². The fourth-order valence-corrected chi connectivity index (χ4v) is 5.27. The van der Waals surface area contributed by atoms with Gasteiger partial charge >= 0.3 is 5.97 Å². The maximum Gasteiger partial charge on any atom is 0.335 e. The molecule has 9 heteroatoms. The molecular weight excluding hydrogens is 548 g/mol. The van der Waals surface area contributed by atoms with Crippen molar-refractivity contribution in [1.29, 1.82) is 0 Å². The Morgan fingerprint density at radius 2 is 1.74 bits per heavy atom. The molecule has 2 aromatic carbocycles. The van der Waals surface area contributed by atoms with Gasteiger partial charge in [0.1, 0.15) is 24.0 Å². The zero-order chi connectivity index (χ0) is 30.8. The van der Waals surface area contributed by atoms with Crippen LogP contribution < -0.4 is 15.4 Å². The van der Waals surface area contributed by atoms with Crippen LogP contribution in [0.4, 0.5) is 0 Å². The number of carbonyl (C=O) groups excluding carboxylic acids is 3. The molecule has 2 aliphatic heterocycles. The van der Waals surface area contributed by atoms with Crippen LogP contribution in [0.15, 0.2) is 66.7 Å². The molecule has 1 saturated heterocycles. The van der Waals surface area contributed by atoms with E-state index in [0.29, 0.717) is 38.0 Å². The van der Waals surface area contributed by atoms with Crippen molar-refractivity contribution >= 4 is 17.8 Å². The van der Waals surface area contributed by atoms with Crippen LogP contribution in [0.3, 0.4) is 0 Å². The van der Waals surface area contributed by atoms with Crippen molar-refractivity contribution in [3.8, 4) is 5.75 Å². The van der Waals surface area contributed by atoms with E-state index in [1.54, 1.807) is 13.2 Å². The quantitative estimate of drug-likeness (QED) is 0.347. The van der Waals surface area contributed by atoms with Crippen LogP contribution in [0.5, 0.6) is 5.75 Å². The van der Waals surface area contributed by atoms with Crippen molar-refractivity contribution in [3.63, 3.8) is 0 Å². The SMILES string of the molecule is COc1ccc(C[C@H]2NC(=O)/C=C/C[C@@H]([C@H](C)[C@H]3O[C@@H]3c3ccccc3)OC(=O)[C@H](CC(C)C)OCCCNC2=O)cc1. The average molecular weight is 593 g/mol. The van der Waals surface area contributed by atoms with Gasteiger partial charge in [0.15, 0.2) is 6.10 Å². The lowest BCUT2D eigenvalue weighted by Gasteiger charge is -2.26. The second-order valence-corrected chi connectivity index (χ2v) is 11.7. The molecule has 0 bridgehead atoms. The Balaban J connectivity index is 1.51. The Morgan fingerprint density at radius 3 is 2.44 bits per heavy atom. The van der Waals surface area contributed by atoms with Crippen LogP contribution in [-0.2, 0) is 35.0 Å². The van der Waals surface area contributed by atoms with Gasteiger partial charge in [-0.3, -0.25) is 9.59 Å². The van der Waals surface area contributed by atoms with Crippen molar-refractivity contribution < 1.29 is 33.3 Å². The molecule has 2 N–H and O–H groups in total. The van der Waals surface area contributed by atoms with Gasteiger partial charge in [-0.25, -0.2) is 4.79 Å². The van der Waals surface area contributed by atoms with Crippen molar-refractivity contribution in [2.45, 2.75) is 76.9 Å². The molecule has 0 aliphatic carbocycles. The van der Waals surface area contributed by atoms with Crippen molar-refractivity contribution in [1.82, 2.24) is 10.6 Å². The van der Waals surface area contributed by atoms with E-state index >= 15 is 0 Å². The third-order valence-electron chi connectivity index (χ3n) is 7.78. The lowest BCUT2D eigenvalue weighted by atomic mass is 9.93. The molecule has 232 valence electrons. The summed E-state index contributed by atoms with van der Waals surface area (Å²) >= 11 is 0. The van der Waals surface area contributed by atoms with Crippen LogP contribution >= 0.6 is 0 Å². The van der Waals surface area contributed by atoms with Crippen molar-refractivity contribution in [3.05, 3.63) is 77.9 Å². The molecule has 9 nitrogen and oxygen atoms in total. The number of nitrogens with one attached hydrogen (secondary N) is 2. The minimum Gasteiger partial charge on any atom is -0.497 e. The summed E-state index contributed by atoms with van der Waals surface area (Å²) in [5.41, 5.74) is 1.97. The molecule has 0 saturated carbocycles. The topological polar surface area (TPSA) is 115 Å². The molecule has 0 spiro atoms. The van der Waals surface area contributed by atoms with E-state index in [-0.39, 0.29) is 36.6 Å². The van der Waals surface area contributed by atoms with Gasteiger partial charge in [-0.05, 0) is 48.1 Å². The molecule has 0 radical (unpaired) electrons. The molecule has 0 aromatic heterocycles. The third-order valence-corrected chi connectivity index (χ3v) is 7.78. The first-order valence-electron chi connectivity index (χ1n) is 15.1. The molecule has 2 amide bonds. The zero-order valence-electron chi connectivity index (χ0n) is 25.5. The molecule has 4 rings (SSSR count). The lowest BCUT2D eigenvalue weighted by Crippen LogP contribution is -2.48. The summed E-state index contributed by atoms with van der Waals surface area (Å²) in [4.78, 5) is 39.4. The normalized spacial score (nSPS) is 27.0. The number of hydrogen-bond acceptors (Lipinski definition) is 7. The Kier molecular flexibility index (Phi) is 11.8. The summed E-state index contributed by atoms with van der Waals surface area (Å²) in [6.45, 7) is 6.69. The largest absolute Gasteiger partial charge is 0.497 e. The molecule has 2 aromatic rings. The van der Waals surface area contributed by atoms with Gasteiger partial charge in [0.2, 0.25) is 11.8 Å². The maximum absolute atomic E-state index is 13.4. The molecule has 2 heterocycles. The first kappa shape index (κ1) is 32.2. The van der Waals surface area contributed by atoms with E-state index in [4.69, 9.17) is 18.9 Å². The fraction of sp³-hybridized carbons (Fsp3) is 0.500. The van der Waals surface area contributed by atoms with E-state index in [1.165, 1.54) is 6.08 Å². The summed E-state index contributed by atoms with van der Waals surface area (Å²) in [5.74, 6) is -0.304. The Bertz CT molecular complexity index is 1230. The molecule has 0 unspecified atom stereocenters. The number of epoxide rings is 1. The number of amides is 2. The summed E-state index contributed by atoms with van der Waals surface area (Å²) in [7, 11) is 1.59. The minimum absolute atomic E-state index is 0.0672. The standard InChI is InChI=1S/C34H44N2O7/c1-22(2)20-29-34(39)42-28(23(3)31-32(43-31)25-10-6-5-7-11-25)12-8-13-30(37)36-27(33(38)35-18-9-19-41-29)21-24-14-16-26(40-4)17-15-24/h5-8,10-11,13-17,22-23,27-29,31-32H,9,12,18-21H2,1-4H3,(H,35,38)(H,36,37)/b13-8+/t23-,27+,28-,29-,31+,32+/m0/s1. The second-order valence-electron chi connectivity index (χ2n) is 11.7. The third kappa shape index (κ3) is 9.66. The Hall–Kier alpha value is -3.69. The fourth-order valence-electron chi connectivity index (χ4n) is 5.27. The van der Waals surface area contributed by atoms with Gasteiger partial charge in [0, 0.05) is 31.9 Å². The number of hydrogen-bond donors (Lipinski definition) is 2. The Labute approximate surface area is 254 Å². The van der Waals surface area contributed by atoms with Crippen molar-refractivity contribution in [2.75, 3.05) is 20.3 Å². The highest BCUT2D eigenvalue weighted by molar-refractivity contribution is 5.93. The first-order chi connectivity index (χ1) is 20.7. The van der Waals surface area contributed by atoms with Crippen LogP contribution in [0, 0.1) is 11.8 Å². The summed E-state index contributed by atoms with van der Waals surface area (Å²) in [5, 5.41) is 5.73. The van der Waals surface area contributed by atoms with Crippen LogP contribution in [0.25, 0.3) is 0 Å². The van der Waals surface area contributed by atoms with Crippen LogP contribution in [0.1, 0.15) is 57.3 Å². The van der Waals surface area contributed by atoms with E-state index in [9.17, 15) is 14.4 Å². The smallest absolute Gasteiger partial charge is 0.335 e. The van der Waals surface area contributed by atoms with E-state index in [2.05, 4.69) is 10.6 Å². The van der Waals surface area contributed by atoms with Crippen molar-refractivity contribution in [2.24, 2.45) is 11.8 Å². The molecule has 1 fully saturated rings.